The first-order chi connectivity index (χ1) is 12.7. The molecule has 0 aliphatic heterocycles. The van der Waals surface area contributed by atoms with Crippen LogP contribution in [0, 0.1) is 0 Å². The van der Waals surface area contributed by atoms with E-state index in [0.717, 1.165) is 64.6 Å². The SMILES string of the molecule is NCCCNCCCCNC(=O)CC(=O)NCCCCCCNC=NN. The highest BCUT2D eigenvalue weighted by molar-refractivity contribution is 5.96. The molecule has 2 amide bonds. The predicted octanol–water partition coefficient (Wildman–Crippen LogP) is -0.620. The molecule has 0 aliphatic carbocycles. The van der Waals surface area contributed by atoms with Crippen molar-refractivity contribution in [3.05, 3.63) is 0 Å². The lowest BCUT2D eigenvalue weighted by atomic mass is 10.2. The Hall–Kier alpha value is -1.87. The molecule has 0 saturated heterocycles. The highest BCUT2D eigenvalue weighted by Crippen LogP contribution is 1.97. The van der Waals surface area contributed by atoms with Crippen LogP contribution in [0.25, 0.3) is 0 Å². The molecule has 0 bridgehead atoms. The monoisotopic (exact) mass is 371 g/mol. The summed E-state index contributed by atoms with van der Waals surface area (Å²) in [5.74, 6) is 4.53. The molecule has 8 N–H and O–H groups in total. The first-order valence-corrected chi connectivity index (χ1v) is 9.60. The Morgan fingerprint density at radius 2 is 1.31 bits per heavy atom. The Morgan fingerprint density at radius 1 is 0.769 bits per heavy atom. The highest BCUT2D eigenvalue weighted by atomic mass is 16.2. The van der Waals surface area contributed by atoms with Crippen LogP contribution in [0.1, 0.15) is 51.4 Å². The van der Waals surface area contributed by atoms with Gasteiger partial charge in [-0.15, -0.1) is 0 Å². The van der Waals surface area contributed by atoms with E-state index in [4.69, 9.17) is 11.6 Å². The summed E-state index contributed by atoms with van der Waals surface area (Å²) in [5.41, 5.74) is 5.41. The van der Waals surface area contributed by atoms with Crippen molar-refractivity contribution in [2.45, 2.75) is 51.4 Å². The van der Waals surface area contributed by atoms with Crippen LogP contribution < -0.4 is 32.8 Å². The number of hydrazone groups is 1. The first-order valence-electron chi connectivity index (χ1n) is 9.60. The van der Waals surface area contributed by atoms with Gasteiger partial charge in [-0.05, 0) is 51.7 Å². The smallest absolute Gasteiger partial charge is 0.229 e. The van der Waals surface area contributed by atoms with Gasteiger partial charge in [-0.25, -0.2) is 0 Å². The van der Waals surface area contributed by atoms with Crippen LogP contribution in [0.5, 0.6) is 0 Å². The molecule has 152 valence electrons. The van der Waals surface area contributed by atoms with E-state index < -0.39 is 0 Å². The van der Waals surface area contributed by atoms with Crippen molar-refractivity contribution in [2.75, 3.05) is 39.3 Å². The number of hydrogen-bond acceptors (Lipinski definition) is 6. The minimum absolute atomic E-state index is 0.100. The molecule has 9 nitrogen and oxygen atoms in total. The number of nitrogens with two attached hydrogens (primary N) is 2. The van der Waals surface area contributed by atoms with Gasteiger partial charge in [0.25, 0.3) is 0 Å². The third kappa shape index (κ3) is 18.5. The second kappa shape index (κ2) is 19.5. The summed E-state index contributed by atoms with van der Waals surface area (Å²) in [4.78, 5) is 23.3. The van der Waals surface area contributed by atoms with Gasteiger partial charge >= 0.3 is 0 Å². The van der Waals surface area contributed by atoms with E-state index >= 15 is 0 Å². The number of hydrogen-bond donors (Lipinski definition) is 6. The van der Waals surface area contributed by atoms with Crippen LogP contribution in [-0.2, 0) is 9.59 Å². The maximum Gasteiger partial charge on any atom is 0.229 e. The van der Waals surface area contributed by atoms with Crippen LogP contribution in [0.3, 0.4) is 0 Å². The molecule has 0 fully saturated rings. The molecule has 0 aromatic carbocycles. The van der Waals surface area contributed by atoms with Gasteiger partial charge in [-0.2, -0.15) is 5.10 Å². The fourth-order valence-corrected chi connectivity index (χ4v) is 2.28. The van der Waals surface area contributed by atoms with Gasteiger partial charge in [-0.3, -0.25) is 9.59 Å². The lowest BCUT2D eigenvalue weighted by molar-refractivity contribution is -0.129. The number of rotatable bonds is 18. The van der Waals surface area contributed by atoms with Crippen molar-refractivity contribution in [3.63, 3.8) is 0 Å². The fourth-order valence-electron chi connectivity index (χ4n) is 2.28. The zero-order valence-electron chi connectivity index (χ0n) is 15.9. The number of carbonyl (C=O) groups is 2. The van der Waals surface area contributed by atoms with E-state index in [1.54, 1.807) is 0 Å². The normalized spacial score (nSPS) is 10.8. The summed E-state index contributed by atoms with van der Waals surface area (Å²) in [6, 6.07) is 0. The van der Waals surface area contributed by atoms with Gasteiger partial charge in [0.15, 0.2) is 0 Å². The average molecular weight is 372 g/mol. The zero-order valence-corrected chi connectivity index (χ0v) is 15.9. The summed E-state index contributed by atoms with van der Waals surface area (Å²) in [7, 11) is 0. The van der Waals surface area contributed by atoms with Crippen LogP contribution in [-0.4, -0.2) is 57.4 Å². The summed E-state index contributed by atoms with van der Waals surface area (Å²) in [6.07, 6.45) is 8.30. The largest absolute Gasteiger partial charge is 0.375 e. The molecule has 0 unspecified atom stereocenters. The van der Waals surface area contributed by atoms with E-state index in [1.165, 1.54) is 6.34 Å². The van der Waals surface area contributed by atoms with Crippen molar-refractivity contribution in [2.24, 2.45) is 16.7 Å². The maximum atomic E-state index is 11.7. The maximum absolute atomic E-state index is 11.7. The minimum atomic E-state index is -0.216. The molecular formula is C17H37N7O2. The van der Waals surface area contributed by atoms with Gasteiger partial charge in [0, 0.05) is 19.6 Å². The molecular weight excluding hydrogens is 334 g/mol. The molecule has 0 aromatic rings. The molecule has 0 aliphatic rings. The lowest BCUT2D eigenvalue weighted by Gasteiger charge is -2.07. The third-order valence-corrected chi connectivity index (χ3v) is 3.72. The molecule has 0 heterocycles. The minimum Gasteiger partial charge on any atom is -0.375 e. The lowest BCUT2D eigenvalue weighted by Crippen LogP contribution is -2.33. The van der Waals surface area contributed by atoms with E-state index in [0.29, 0.717) is 19.6 Å². The van der Waals surface area contributed by atoms with Gasteiger partial charge in [0.05, 0.1) is 0 Å². The quantitative estimate of drug-likeness (QED) is 0.0473. The standard InChI is InChI=1S/C17H37N7O2/c18-8-7-11-20-9-5-6-13-23-17(26)14-16(25)22-12-4-2-1-3-10-21-15-24-19/h15,20H,1-14,18-19H2,(H,21,24)(H,22,25)(H,23,26). The fraction of sp³-hybridized carbons (Fsp3) is 0.824. The van der Waals surface area contributed by atoms with Crippen LogP contribution >= 0.6 is 0 Å². The Bertz CT molecular complexity index is 378. The number of unbranched alkanes of at least 4 members (excludes halogenated alkanes) is 4. The number of nitrogens with one attached hydrogen (secondary N) is 4. The van der Waals surface area contributed by atoms with Gasteiger partial charge < -0.3 is 32.8 Å². The van der Waals surface area contributed by atoms with Crippen molar-refractivity contribution in [3.8, 4) is 0 Å². The van der Waals surface area contributed by atoms with Crippen molar-refractivity contribution >= 4 is 18.2 Å². The predicted molar refractivity (Wildman–Crippen MR) is 106 cm³/mol. The molecule has 0 saturated carbocycles. The summed E-state index contributed by atoms with van der Waals surface area (Å²) in [6.45, 7) is 4.62. The summed E-state index contributed by atoms with van der Waals surface area (Å²) < 4.78 is 0. The van der Waals surface area contributed by atoms with Crippen LogP contribution in [0.2, 0.25) is 0 Å². The van der Waals surface area contributed by atoms with Crippen LogP contribution in [0.4, 0.5) is 0 Å². The Kier molecular flexibility index (Phi) is 18.1. The van der Waals surface area contributed by atoms with Gasteiger partial charge in [0.1, 0.15) is 12.8 Å². The number of carbonyl (C=O) groups excluding carboxylic acids is 2. The topological polar surface area (TPSA) is 147 Å². The van der Waals surface area contributed by atoms with Crippen molar-refractivity contribution < 1.29 is 9.59 Å². The number of nitrogens with zero attached hydrogens (tertiary/aromatic N) is 1. The van der Waals surface area contributed by atoms with Crippen molar-refractivity contribution in [1.82, 2.24) is 21.3 Å². The Morgan fingerprint density at radius 3 is 1.92 bits per heavy atom. The van der Waals surface area contributed by atoms with Crippen molar-refractivity contribution in [1.29, 1.82) is 0 Å². The van der Waals surface area contributed by atoms with E-state index in [2.05, 4.69) is 26.4 Å². The molecule has 0 atom stereocenters. The Labute approximate surface area is 157 Å². The second-order valence-corrected chi connectivity index (χ2v) is 6.12. The van der Waals surface area contributed by atoms with E-state index in [9.17, 15) is 9.59 Å². The summed E-state index contributed by atoms with van der Waals surface area (Å²) >= 11 is 0. The Balaban J connectivity index is 3.36. The average Bonchev–Trinajstić information content (AvgIpc) is 2.62. The van der Waals surface area contributed by atoms with Gasteiger partial charge in [-0.1, -0.05) is 12.8 Å². The molecule has 0 rings (SSSR count). The summed E-state index contributed by atoms with van der Waals surface area (Å²) in [5, 5.41) is 15.2. The van der Waals surface area contributed by atoms with E-state index in [-0.39, 0.29) is 18.2 Å². The molecule has 0 radical (unpaired) electrons. The zero-order chi connectivity index (χ0) is 19.3. The second-order valence-electron chi connectivity index (χ2n) is 6.12. The first kappa shape index (κ1) is 24.1. The van der Waals surface area contributed by atoms with E-state index in [1.807, 2.05) is 0 Å². The molecule has 26 heavy (non-hydrogen) atoms. The molecule has 0 spiro atoms. The molecule has 9 heteroatoms. The van der Waals surface area contributed by atoms with Gasteiger partial charge in [0.2, 0.25) is 11.8 Å². The third-order valence-electron chi connectivity index (χ3n) is 3.72. The molecule has 0 aromatic heterocycles. The number of amides is 2. The highest BCUT2D eigenvalue weighted by Gasteiger charge is 2.07. The van der Waals surface area contributed by atoms with Crippen LogP contribution in [0.15, 0.2) is 5.10 Å².